The van der Waals surface area contributed by atoms with Gasteiger partial charge in [-0.3, -0.25) is 10.1 Å². The van der Waals surface area contributed by atoms with E-state index in [9.17, 15) is 20.0 Å². The third-order valence-corrected chi connectivity index (χ3v) is 3.12. The maximum atomic E-state index is 11.3. The SMILES string of the molecule is Cc1cccc(C(=O)O)c1-n1nc(C)c([N+](=O)[O-])c1C. The Hall–Kier alpha value is -2.70. The number of aromatic carboxylic acids is 1. The van der Waals surface area contributed by atoms with E-state index in [-0.39, 0.29) is 16.9 Å². The Bertz CT molecular complexity index is 719. The first-order valence-corrected chi connectivity index (χ1v) is 5.88. The summed E-state index contributed by atoms with van der Waals surface area (Å²) in [5, 5.41) is 24.4. The molecule has 1 heterocycles. The van der Waals surface area contributed by atoms with Gasteiger partial charge in [0.05, 0.1) is 16.2 Å². The molecule has 0 aliphatic carbocycles. The average Bonchev–Trinajstić information content (AvgIpc) is 2.64. The first-order valence-electron chi connectivity index (χ1n) is 5.88. The van der Waals surface area contributed by atoms with Crippen LogP contribution < -0.4 is 0 Å². The van der Waals surface area contributed by atoms with Crippen LogP contribution in [0.2, 0.25) is 0 Å². The number of hydrogen-bond acceptors (Lipinski definition) is 4. The van der Waals surface area contributed by atoms with Crippen LogP contribution in [0.4, 0.5) is 5.69 Å². The molecule has 0 bridgehead atoms. The van der Waals surface area contributed by atoms with Crippen LogP contribution in [0, 0.1) is 30.9 Å². The van der Waals surface area contributed by atoms with E-state index in [0.29, 0.717) is 16.9 Å². The Morgan fingerprint density at radius 1 is 1.35 bits per heavy atom. The first kappa shape index (κ1) is 13.7. The summed E-state index contributed by atoms with van der Waals surface area (Å²) < 4.78 is 1.33. The van der Waals surface area contributed by atoms with Gasteiger partial charge in [-0.2, -0.15) is 5.10 Å². The Balaban J connectivity index is 2.79. The summed E-state index contributed by atoms with van der Waals surface area (Å²) in [7, 11) is 0. The Kier molecular flexibility index (Phi) is 3.27. The molecule has 0 atom stereocenters. The van der Waals surface area contributed by atoms with Gasteiger partial charge in [0, 0.05) is 0 Å². The number of rotatable bonds is 3. The van der Waals surface area contributed by atoms with Crippen molar-refractivity contribution in [3.8, 4) is 5.69 Å². The highest BCUT2D eigenvalue weighted by Crippen LogP contribution is 2.28. The van der Waals surface area contributed by atoms with Gasteiger partial charge in [-0.1, -0.05) is 12.1 Å². The molecule has 0 spiro atoms. The van der Waals surface area contributed by atoms with Crippen LogP contribution in [0.5, 0.6) is 0 Å². The number of nitro groups is 1. The molecule has 0 radical (unpaired) electrons. The molecule has 0 aliphatic heterocycles. The van der Waals surface area contributed by atoms with Gasteiger partial charge >= 0.3 is 11.7 Å². The lowest BCUT2D eigenvalue weighted by Crippen LogP contribution is -2.10. The molecule has 0 unspecified atom stereocenters. The summed E-state index contributed by atoms with van der Waals surface area (Å²) in [6.07, 6.45) is 0. The van der Waals surface area contributed by atoms with Crippen molar-refractivity contribution < 1.29 is 14.8 Å². The summed E-state index contributed by atoms with van der Waals surface area (Å²) in [6, 6.07) is 4.82. The fourth-order valence-electron chi connectivity index (χ4n) is 2.23. The van der Waals surface area contributed by atoms with Crippen LogP contribution in [-0.2, 0) is 0 Å². The number of benzene rings is 1. The summed E-state index contributed by atoms with van der Waals surface area (Å²) in [5.74, 6) is -1.10. The molecule has 7 heteroatoms. The second kappa shape index (κ2) is 4.76. The van der Waals surface area contributed by atoms with Crippen LogP contribution in [0.1, 0.15) is 27.3 Å². The van der Waals surface area contributed by atoms with Crippen LogP contribution in [0.25, 0.3) is 5.69 Å². The number of carboxylic acids is 1. The zero-order valence-corrected chi connectivity index (χ0v) is 11.2. The largest absolute Gasteiger partial charge is 0.478 e. The van der Waals surface area contributed by atoms with Gasteiger partial charge in [-0.05, 0) is 32.4 Å². The Morgan fingerprint density at radius 3 is 2.50 bits per heavy atom. The Morgan fingerprint density at radius 2 is 2.00 bits per heavy atom. The molecule has 0 fully saturated rings. The third kappa shape index (κ3) is 2.03. The summed E-state index contributed by atoms with van der Waals surface area (Å²) in [5.41, 5.74) is 1.57. The molecule has 104 valence electrons. The predicted molar refractivity (Wildman–Crippen MR) is 71.4 cm³/mol. The van der Waals surface area contributed by atoms with E-state index in [1.807, 2.05) is 0 Å². The lowest BCUT2D eigenvalue weighted by molar-refractivity contribution is -0.386. The van der Waals surface area contributed by atoms with E-state index in [1.54, 1.807) is 26.0 Å². The fraction of sp³-hybridized carbons (Fsp3) is 0.231. The van der Waals surface area contributed by atoms with E-state index in [0.717, 1.165) is 0 Å². The molecule has 7 nitrogen and oxygen atoms in total. The second-order valence-corrected chi connectivity index (χ2v) is 4.46. The molecule has 1 aromatic heterocycles. The van der Waals surface area contributed by atoms with Crippen LogP contribution in [0.3, 0.4) is 0 Å². The Labute approximate surface area is 114 Å². The smallest absolute Gasteiger partial charge is 0.337 e. The zero-order chi connectivity index (χ0) is 15.0. The minimum Gasteiger partial charge on any atom is -0.478 e. The standard InChI is InChI=1S/C13H13N3O4/c1-7-5-4-6-10(13(17)18)11(7)15-9(3)12(16(19)20)8(2)14-15/h4-6H,1-3H3,(H,17,18). The zero-order valence-electron chi connectivity index (χ0n) is 11.2. The highest BCUT2D eigenvalue weighted by molar-refractivity contribution is 5.92. The maximum Gasteiger partial charge on any atom is 0.337 e. The summed E-state index contributed by atoms with van der Waals surface area (Å²) in [4.78, 5) is 21.8. The molecule has 0 aliphatic rings. The van der Waals surface area contributed by atoms with Crippen molar-refractivity contribution in [1.82, 2.24) is 9.78 Å². The molecule has 0 amide bonds. The van der Waals surface area contributed by atoms with Crippen molar-refractivity contribution in [1.29, 1.82) is 0 Å². The number of carboxylic acid groups (broad SMARTS) is 1. The highest BCUT2D eigenvalue weighted by Gasteiger charge is 2.25. The van der Waals surface area contributed by atoms with Gasteiger partial charge in [0.25, 0.3) is 0 Å². The molecule has 2 rings (SSSR count). The van der Waals surface area contributed by atoms with Crippen molar-refractivity contribution >= 4 is 11.7 Å². The van der Waals surface area contributed by atoms with Gasteiger partial charge in [0.2, 0.25) is 0 Å². The maximum absolute atomic E-state index is 11.3. The first-order chi connectivity index (χ1) is 9.34. The highest BCUT2D eigenvalue weighted by atomic mass is 16.6. The van der Waals surface area contributed by atoms with Crippen molar-refractivity contribution in [3.63, 3.8) is 0 Å². The number of carbonyl (C=O) groups is 1. The molecule has 0 saturated heterocycles. The van der Waals surface area contributed by atoms with Crippen molar-refractivity contribution in [2.24, 2.45) is 0 Å². The van der Waals surface area contributed by atoms with Crippen molar-refractivity contribution in [2.45, 2.75) is 20.8 Å². The van der Waals surface area contributed by atoms with Gasteiger partial charge < -0.3 is 5.11 Å². The van der Waals surface area contributed by atoms with Crippen molar-refractivity contribution in [3.05, 3.63) is 50.8 Å². The lowest BCUT2D eigenvalue weighted by atomic mass is 10.1. The predicted octanol–water partition coefficient (Wildman–Crippen LogP) is 2.40. The fourth-order valence-corrected chi connectivity index (χ4v) is 2.23. The van der Waals surface area contributed by atoms with E-state index in [2.05, 4.69) is 5.10 Å². The lowest BCUT2D eigenvalue weighted by Gasteiger charge is -2.10. The van der Waals surface area contributed by atoms with Crippen LogP contribution >= 0.6 is 0 Å². The molecular weight excluding hydrogens is 262 g/mol. The molecule has 1 N–H and O–H groups in total. The minimum absolute atomic E-state index is 0.0606. The average molecular weight is 275 g/mol. The van der Waals surface area contributed by atoms with Crippen molar-refractivity contribution in [2.75, 3.05) is 0 Å². The number of hydrogen-bond donors (Lipinski definition) is 1. The number of aryl methyl sites for hydroxylation is 2. The quantitative estimate of drug-likeness (QED) is 0.685. The second-order valence-electron chi connectivity index (χ2n) is 4.46. The summed E-state index contributed by atoms with van der Waals surface area (Å²) in [6.45, 7) is 4.82. The van der Waals surface area contributed by atoms with E-state index in [4.69, 9.17) is 0 Å². The molecular formula is C13H13N3O4. The van der Waals surface area contributed by atoms with Gasteiger partial charge in [0.1, 0.15) is 11.4 Å². The molecule has 20 heavy (non-hydrogen) atoms. The normalized spacial score (nSPS) is 10.6. The van der Waals surface area contributed by atoms with Crippen LogP contribution in [-0.4, -0.2) is 25.8 Å². The van der Waals surface area contributed by atoms with Gasteiger partial charge in [0.15, 0.2) is 0 Å². The number of nitrogens with zero attached hydrogens (tertiary/aromatic N) is 3. The van der Waals surface area contributed by atoms with Gasteiger partial charge in [-0.15, -0.1) is 0 Å². The molecule has 0 saturated carbocycles. The van der Waals surface area contributed by atoms with Crippen LogP contribution in [0.15, 0.2) is 18.2 Å². The van der Waals surface area contributed by atoms with E-state index >= 15 is 0 Å². The summed E-state index contributed by atoms with van der Waals surface area (Å²) >= 11 is 0. The monoisotopic (exact) mass is 275 g/mol. The number of para-hydroxylation sites is 1. The topological polar surface area (TPSA) is 98.3 Å². The van der Waals surface area contributed by atoms with E-state index < -0.39 is 10.9 Å². The van der Waals surface area contributed by atoms with Gasteiger partial charge in [-0.25, -0.2) is 9.48 Å². The minimum atomic E-state index is -1.10. The molecule has 1 aromatic carbocycles. The van der Waals surface area contributed by atoms with E-state index in [1.165, 1.54) is 17.7 Å². The molecule has 2 aromatic rings. The third-order valence-electron chi connectivity index (χ3n) is 3.12. The number of aromatic nitrogens is 2.